The monoisotopic (exact) mass is 241 g/mol. The van der Waals surface area contributed by atoms with Gasteiger partial charge in [0.1, 0.15) is 5.75 Å². The maximum absolute atomic E-state index is 11.4. The van der Waals surface area contributed by atoms with Crippen LogP contribution < -0.4 is 10.1 Å². The highest BCUT2D eigenvalue weighted by atomic mass is 16.5. The Morgan fingerprint density at radius 2 is 1.78 bits per heavy atom. The lowest BCUT2D eigenvalue weighted by Crippen LogP contribution is -2.17. The van der Waals surface area contributed by atoms with Crippen molar-refractivity contribution in [1.29, 1.82) is 0 Å². The zero-order valence-corrected chi connectivity index (χ0v) is 10.4. The van der Waals surface area contributed by atoms with Crippen LogP contribution in [0.3, 0.4) is 0 Å². The summed E-state index contributed by atoms with van der Waals surface area (Å²) in [6.07, 6.45) is 0. The molecule has 18 heavy (non-hydrogen) atoms. The lowest BCUT2D eigenvalue weighted by molar-refractivity contribution is 0.0963. The van der Waals surface area contributed by atoms with Crippen molar-refractivity contribution in [2.24, 2.45) is 0 Å². The molecule has 0 spiro atoms. The van der Waals surface area contributed by atoms with E-state index >= 15 is 0 Å². The van der Waals surface area contributed by atoms with Crippen molar-refractivity contribution in [1.82, 2.24) is 5.32 Å². The molecule has 0 atom stereocenters. The fourth-order valence-electron chi connectivity index (χ4n) is 1.76. The molecule has 0 bridgehead atoms. The van der Waals surface area contributed by atoms with Gasteiger partial charge >= 0.3 is 0 Å². The van der Waals surface area contributed by atoms with Gasteiger partial charge < -0.3 is 10.1 Å². The Bertz CT molecular complexity index is 547. The quantitative estimate of drug-likeness (QED) is 0.897. The molecule has 0 saturated carbocycles. The molecule has 0 aliphatic rings. The van der Waals surface area contributed by atoms with E-state index in [1.807, 2.05) is 48.5 Å². The Balaban J connectivity index is 2.31. The maximum Gasteiger partial charge on any atom is 0.251 e. The summed E-state index contributed by atoms with van der Waals surface area (Å²) in [4.78, 5) is 11.4. The summed E-state index contributed by atoms with van der Waals surface area (Å²) in [7, 11) is 3.27. The van der Waals surface area contributed by atoms with Gasteiger partial charge in [-0.05, 0) is 35.4 Å². The highest BCUT2D eigenvalue weighted by Crippen LogP contribution is 2.23. The first kappa shape index (κ1) is 12.2. The minimum absolute atomic E-state index is 0.0767. The summed E-state index contributed by atoms with van der Waals surface area (Å²) in [5.74, 6) is 0.745. The number of amides is 1. The Morgan fingerprint density at radius 1 is 1.06 bits per heavy atom. The molecule has 0 saturated heterocycles. The molecule has 2 aromatic carbocycles. The SMILES string of the molecule is CNC(=O)c1ccc(-c2cccc(OC)c2)cc1. The molecule has 3 nitrogen and oxygen atoms in total. The number of methoxy groups -OCH3 is 1. The molecule has 0 unspecified atom stereocenters. The Kier molecular flexibility index (Phi) is 3.63. The molecule has 3 heteroatoms. The number of benzene rings is 2. The second-order valence-electron chi connectivity index (χ2n) is 3.89. The molecule has 2 rings (SSSR count). The lowest BCUT2D eigenvalue weighted by Gasteiger charge is -2.06. The second kappa shape index (κ2) is 5.36. The van der Waals surface area contributed by atoms with Crippen molar-refractivity contribution in [3.05, 3.63) is 54.1 Å². The van der Waals surface area contributed by atoms with Gasteiger partial charge in [0, 0.05) is 12.6 Å². The summed E-state index contributed by atoms with van der Waals surface area (Å²) in [6.45, 7) is 0. The van der Waals surface area contributed by atoms with E-state index in [4.69, 9.17) is 4.74 Å². The topological polar surface area (TPSA) is 38.3 Å². The molecule has 1 N–H and O–H groups in total. The van der Waals surface area contributed by atoms with E-state index in [1.54, 1.807) is 14.2 Å². The number of carbonyl (C=O) groups is 1. The summed E-state index contributed by atoms with van der Waals surface area (Å²) in [6, 6.07) is 15.3. The summed E-state index contributed by atoms with van der Waals surface area (Å²) in [5.41, 5.74) is 2.78. The van der Waals surface area contributed by atoms with Crippen LogP contribution in [0.25, 0.3) is 11.1 Å². The van der Waals surface area contributed by atoms with Crippen LogP contribution in [0.1, 0.15) is 10.4 Å². The average molecular weight is 241 g/mol. The molecule has 92 valence electrons. The van der Waals surface area contributed by atoms with Crippen molar-refractivity contribution in [2.45, 2.75) is 0 Å². The normalized spacial score (nSPS) is 9.89. The number of nitrogens with one attached hydrogen (secondary N) is 1. The number of hydrogen-bond acceptors (Lipinski definition) is 2. The molecule has 0 fully saturated rings. The lowest BCUT2D eigenvalue weighted by atomic mass is 10.0. The maximum atomic E-state index is 11.4. The van der Waals surface area contributed by atoms with Gasteiger partial charge in [0.2, 0.25) is 0 Å². The standard InChI is InChI=1S/C15H15NO2/c1-16-15(17)12-8-6-11(7-9-12)13-4-3-5-14(10-13)18-2/h3-10H,1-2H3,(H,16,17). The first-order valence-corrected chi connectivity index (χ1v) is 5.71. The predicted octanol–water partition coefficient (Wildman–Crippen LogP) is 2.72. The van der Waals surface area contributed by atoms with Crippen LogP contribution in [0.4, 0.5) is 0 Å². The molecule has 0 aliphatic heterocycles. The number of carbonyl (C=O) groups excluding carboxylic acids is 1. The largest absolute Gasteiger partial charge is 0.497 e. The number of rotatable bonds is 3. The van der Waals surface area contributed by atoms with Gasteiger partial charge in [0.25, 0.3) is 5.91 Å². The molecule has 0 aromatic heterocycles. The fourth-order valence-corrected chi connectivity index (χ4v) is 1.76. The number of ether oxygens (including phenoxy) is 1. The van der Waals surface area contributed by atoms with Crippen LogP contribution in [0.5, 0.6) is 5.75 Å². The molecule has 2 aromatic rings. The van der Waals surface area contributed by atoms with Crippen LogP contribution >= 0.6 is 0 Å². The van der Waals surface area contributed by atoms with E-state index < -0.39 is 0 Å². The van der Waals surface area contributed by atoms with E-state index in [-0.39, 0.29) is 5.91 Å². The zero-order valence-electron chi connectivity index (χ0n) is 10.4. The molecule has 0 radical (unpaired) electrons. The summed E-state index contributed by atoms with van der Waals surface area (Å²) < 4.78 is 5.19. The second-order valence-corrected chi connectivity index (χ2v) is 3.89. The highest BCUT2D eigenvalue weighted by molar-refractivity contribution is 5.94. The van der Waals surface area contributed by atoms with Crippen molar-refractivity contribution in [3.8, 4) is 16.9 Å². The van der Waals surface area contributed by atoms with Gasteiger partial charge in [-0.25, -0.2) is 0 Å². The van der Waals surface area contributed by atoms with E-state index in [0.717, 1.165) is 16.9 Å². The summed E-state index contributed by atoms with van der Waals surface area (Å²) in [5, 5.41) is 2.60. The van der Waals surface area contributed by atoms with Crippen LogP contribution in [-0.4, -0.2) is 20.1 Å². The van der Waals surface area contributed by atoms with Gasteiger partial charge in [-0.15, -0.1) is 0 Å². The third-order valence-electron chi connectivity index (χ3n) is 2.78. The minimum Gasteiger partial charge on any atom is -0.497 e. The first-order valence-electron chi connectivity index (χ1n) is 5.71. The molecule has 0 heterocycles. The van der Waals surface area contributed by atoms with E-state index in [9.17, 15) is 4.79 Å². The molecular formula is C15H15NO2. The Hall–Kier alpha value is -2.29. The van der Waals surface area contributed by atoms with Crippen molar-refractivity contribution in [2.75, 3.05) is 14.2 Å². The van der Waals surface area contributed by atoms with Gasteiger partial charge in [-0.1, -0.05) is 24.3 Å². The Labute approximate surface area is 106 Å². The van der Waals surface area contributed by atoms with E-state index in [0.29, 0.717) is 5.56 Å². The van der Waals surface area contributed by atoms with Crippen LogP contribution in [0, 0.1) is 0 Å². The van der Waals surface area contributed by atoms with Crippen molar-refractivity contribution >= 4 is 5.91 Å². The van der Waals surface area contributed by atoms with E-state index in [1.165, 1.54) is 0 Å². The zero-order chi connectivity index (χ0) is 13.0. The summed E-state index contributed by atoms with van der Waals surface area (Å²) >= 11 is 0. The van der Waals surface area contributed by atoms with Gasteiger partial charge in [0.05, 0.1) is 7.11 Å². The average Bonchev–Trinajstić information content (AvgIpc) is 2.46. The highest BCUT2D eigenvalue weighted by Gasteiger charge is 2.04. The predicted molar refractivity (Wildman–Crippen MR) is 71.8 cm³/mol. The third kappa shape index (κ3) is 2.51. The van der Waals surface area contributed by atoms with Gasteiger partial charge in [0.15, 0.2) is 0 Å². The minimum atomic E-state index is -0.0767. The van der Waals surface area contributed by atoms with Crippen molar-refractivity contribution < 1.29 is 9.53 Å². The van der Waals surface area contributed by atoms with Crippen LogP contribution in [-0.2, 0) is 0 Å². The number of hydrogen-bond donors (Lipinski definition) is 1. The Morgan fingerprint density at radius 3 is 2.39 bits per heavy atom. The molecular weight excluding hydrogens is 226 g/mol. The van der Waals surface area contributed by atoms with Gasteiger partial charge in [-0.3, -0.25) is 4.79 Å². The molecule has 1 amide bonds. The van der Waals surface area contributed by atoms with Crippen LogP contribution in [0.15, 0.2) is 48.5 Å². The van der Waals surface area contributed by atoms with Crippen LogP contribution in [0.2, 0.25) is 0 Å². The molecule has 0 aliphatic carbocycles. The fraction of sp³-hybridized carbons (Fsp3) is 0.133. The van der Waals surface area contributed by atoms with Crippen molar-refractivity contribution in [3.63, 3.8) is 0 Å². The van der Waals surface area contributed by atoms with E-state index in [2.05, 4.69) is 5.32 Å². The third-order valence-corrected chi connectivity index (χ3v) is 2.78. The smallest absolute Gasteiger partial charge is 0.251 e. The van der Waals surface area contributed by atoms with Gasteiger partial charge in [-0.2, -0.15) is 0 Å². The first-order chi connectivity index (χ1) is 8.74.